The van der Waals surface area contributed by atoms with Gasteiger partial charge in [-0.2, -0.15) is 0 Å². The molecule has 0 bridgehead atoms. The largest absolute Gasteiger partial charge is 0.353 e. The van der Waals surface area contributed by atoms with Gasteiger partial charge in [-0.3, -0.25) is 14.9 Å². The van der Waals surface area contributed by atoms with Crippen molar-refractivity contribution < 1.29 is 22.1 Å². The Morgan fingerprint density at radius 3 is 2.35 bits per heavy atom. The van der Waals surface area contributed by atoms with E-state index in [-0.39, 0.29) is 6.07 Å². The summed E-state index contributed by atoms with van der Waals surface area (Å²) in [5, 5.41) is 15.1. The number of sulfonamides is 1. The van der Waals surface area contributed by atoms with Gasteiger partial charge in [-0.1, -0.05) is 0 Å². The van der Waals surface area contributed by atoms with Crippen LogP contribution >= 0.6 is 0 Å². The maximum Gasteiger partial charge on any atom is 0.353 e. The maximum atomic E-state index is 12.3. The number of aromatic amines is 1. The number of nitrogens with zero attached hydrogens (tertiary/aromatic N) is 1. The van der Waals surface area contributed by atoms with Crippen molar-refractivity contribution in [3.05, 3.63) is 32.2 Å². The van der Waals surface area contributed by atoms with E-state index in [0.29, 0.717) is 0 Å². The molecular weight excluding hydrogens is 264 g/mol. The Balaban J connectivity index is 3.76. The van der Waals surface area contributed by atoms with Crippen LogP contribution in [0.4, 0.5) is 14.5 Å². The summed E-state index contributed by atoms with van der Waals surface area (Å²) in [6.07, 6.45) is -3.19. The Bertz CT molecular complexity index is 623. The minimum Gasteiger partial charge on any atom is -0.315 e. The predicted molar refractivity (Wildman–Crippen MR) is 50.0 cm³/mol. The molecule has 0 aliphatic carbocycles. The van der Waals surface area contributed by atoms with E-state index in [9.17, 15) is 32.1 Å². The highest BCUT2D eigenvalue weighted by molar-refractivity contribution is 7.89. The molecule has 0 fully saturated rings. The summed E-state index contributed by atoms with van der Waals surface area (Å²) >= 11 is 0. The van der Waals surface area contributed by atoms with Gasteiger partial charge in [0.2, 0.25) is 10.0 Å². The molecule has 0 radical (unpaired) electrons. The molecule has 0 aliphatic heterocycles. The van der Waals surface area contributed by atoms with Crippen LogP contribution in [0.15, 0.2) is 15.8 Å². The van der Waals surface area contributed by atoms with Crippen molar-refractivity contribution in [2.24, 2.45) is 5.14 Å². The highest BCUT2D eigenvalue weighted by atomic mass is 32.2. The zero-order valence-electron chi connectivity index (χ0n) is 7.88. The SMILES string of the molecule is NS(=O)(=O)c1cc(C(F)F)[nH]c(=O)c1[N+](=O)[O-]. The molecule has 8 nitrogen and oxygen atoms in total. The third-order valence-electron chi connectivity index (χ3n) is 1.72. The summed E-state index contributed by atoms with van der Waals surface area (Å²) in [6, 6.07) is 0.263. The lowest BCUT2D eigenvalue weighted by atomic mass is 10.3. The average molecular weight is 269 g/mol. The van der Waals surface area contributed by atoms with Crippen LogP contribution in [0.5, 0.6) is 0 Å². The third-order valence-corrected chi connectivity index (χ3v) is 2.64. The van der Waals surface area contributed by atoms with E-state index >= 15 is 0 Å². The number of nitrogens with two attached hydrogens (primary N) is 1. The molecule has 0 saturated carbocycles. The van der Waals surface area contributed by atoms with Gasteiger partial charge in [0.1, 0.15) is 0 Å². The van der Waals surface area contributed by atoms with Gasteiger partial charge in [-0.15, -0.1) is 0 Å². The van der Waals surface area contributed by atoms with Crippen molar-refractivity contribution in [1.82, 2.24) is 4.98 Å². The summed E-state index contributed by atoms with van der Waals surface area (Å²) in [5.74, 6) is 0. The van der Waals surface area contributed by atoms with Gasteiger partial charge in [0, 0.05) is 0 Å². The molecule has 0 saturated heterocycles. The van der Waals surface area contributed by atoms with Gasteiger partial charge >= 0.3 is 11.2 Å². The summed E-state index contributed by atoms with van der Waals surface area (Å²) in [6.45, 7) is 0. The van der Waals surface area contributed by atoms with Crippen LogP contribution in [-0.4, -0.2) is 18.3 Å². The van der Waals surface area contributed by atoms with Crippen LogP contribution in [-0.2, 0) is 10.0 Å². The molecule has 0 aromatic carbocycles. The number of halogens is 2. The molecule has 1 rings (SSSR count). The van der Waals surface area contributed by atoms with Crippen molar-refractivity contribution in [3.8, 4) is 0 Å². The van der Waals surface area contributed by atoms with Crippen LogP contribution in [0.1, 0.15) is 12.1 Å². The summed E-state index contributed by atoms with van der Waals surface area (Å²) in [5.41, 5.74) is -4.02. The maximum absolute atomic E-state index is 12.3. The second-order valence-corrected chi connectivity index (χ2v) is 4.40. The highest BCUT2D eigenvalue weighted by Gasteiger charge is 2.29. The van der Waals surface area contributed by atoms with Crippen LogP contribution in [0, 0.1) is 10.1 Å². The van der Waals surface area contributed by atoms with Crippen LogP contribution in [0.2, 0.25) is 0 Å². The molecule has 17 heavy (non-hydrogen) atoms. The van der Waals surface area contributed by atoms with Crippen molar-refractivity contribution in [1.29, 1.82) is 0 Å². The molecule has 1 heterocycles. The number of aromatic nitrogens is 1. The number of pyridine rings is 1. The lowest BCUT2D eigenvalue weighted by Crippen LogP contribution is -2.22. The number of H-pyrrole nitrogens is 1. The fourth-order valence-corrected chi connectivity index (χ4v) is 1.78. The first-order valence-corrected chi connectivity index (χ1v) is 5.41. The Hall–Kier alpha value is -1.88. The fourth-order valence-electron chi connectivity index (χ4n) is 1.06. The second kappa shape index (κ2) is 4.18. The zero-order chi connectivity index (χ0) is 13.4. The zero-order valence-corrected chi connectivity index (χ0v) is 8.70. The molecule has 3 N–H and O–H groups in total. The van der Waals surface area contributed by atoms with Gasteiger partial charge in [0.25, 0.3) is 6.43 Å². The van der Waals surface area contributed by atoms with Crippen LogP contribution < -0.4 is 10.7 Å². The molecule has 1 aromatic rings. The van der Waals surface area contributed by atoms with E-state index in [4.69, 9.17) is 0 Å². The van der Waals surface area contributed by atoms with Crippen molar-refractivity contribution in [2.45, 2.75) is 11.3 Å². The minimum absolute atomic E-state index is 0.263. The standard InChI is InChI=1S/C6H5F2N3O5S/c7-5(8)2-1-3(17(9,15)16)4(11(13)14)6(12)10-2/h1,5H,(H,10,12)(H2,9,15,16). The second-order valence-electron chi connectivity index (χ2n) is 2.87. The summed E-state index contributed by atoms with van der Waals surface area (Å²) in [4.78, 5) is 20.5. The summed E-state index contributed by atoms with van der Waals surface area (Å²) < 4.78 is 46.5. The highest BCUT2D eigenvalue weighted by Crippen LogP contribution is 2.23. The van der Waals surface area contributed by atoms with Gasteiger partial charge in [0.05, 0.1) is 10.6 Å². The first-order chi connectivity index (χ1) is 7.64. The van der Waals surface area contributed by atoms with Crippen molar-refractivity contribution in [2.75, 3.05) is 0 Å². The smallest absolute Gasteiger partial charge is 0.315 e. The summed E-state index contributed by atoms with van der Waals surface area (Å²) in [7, 11) is -4.65. The molecular formula is C6H5F2N3O5S. The van der Waals surface area contributed by atoms with Crippen LogP contribution in [0.3, 0.4) is 0 Å². The topological polar surface area (TPSA) is 136 Å². The van der Waals surface area contributed by atoms with Gasteiger partial charge in [0.15, 0.2) is 4.90 Å². The quantitative estimate of drug-likeness (QED) is 0.581. The number of rotatable bonds is 3. The third kappa shape index (κ3) is 2.62. The van der Waals surface area contributed by atoms with Crippen LogP contribution in [0.25, 0.3) is 0 Å². The Morgan fingerprint density at radius 1 is 1.47 bits per heavy atom. The molecule has 11 heteroatoms. The lowest BCUT2D eigenvalue weighted by molar-refractivity contribution is -0.389. The predicted octanol–water partition coefficient (Wildman–Crippen LogP) is -0.132. The normalized spacial score (nSPS) is 11.8. The van der Waals surface area contributed by atoms with E-state index in [0.717, 1.165) is 0 Å². The molecule has 94 valence electrons. The van der Waals surface area contributed by atoms with Crippen molar-refractivity contribution >= 4 is 15.7 Å². The lowest BCUT2D eigenvalue weighted by Gasteiger charge is -2.03. The molecule has 0 amide bonds. The number of primary sulfonamides is 1. The Kier molecular flexibility index (Phi) is 3.24. The number of nitrogens with one attached hydrogen (secondary N) is 1. The number of nitro groups is 1. The van der Waals surface area contributed by atoms with E-state index in [1.54, 1.807) is 0 Å². The van der Waals surface area contributed by atoms with E-state index in [2.05, 4.69) is 5.14 Å². The first-order valence-electron chi connectivity index (χ1n) is 3.87. The van der Waals surface area contributed by atoms with Gasteiger partial charge in [-0.05, 0) is 6.07 Å². The Labute approximate surface area is 92.3 Å². The molecule has 0 spiro atoms. The van der Waals surface area contributed by atoms with Crippen molar-refractivity contribution in [3.63, 3.8) is 0 Å². The fraction of sp³-hybridized carbons (Fsp3) is 0.167. The molecule has 1 aromatic heterocycles. The van der Waals surface area contributed by atoms with E-state index < -0.39 is 43.2 Å². The molecule has 0 atom stereocenters. The molecule has 0 aliphatic rings. The van der Waals surface area contributed by atoms with E-state index in [1.807, 2.05) is 0 Å². The number of alkyl halides is 2. The monoisotopic (exact) mass is 269 g/mol. The average Bonchev–Trinajstić information content (AvgIpc) is 2.14. The first kappa shape index (κ1) is 13.2. The number of hydrogen-bond donors (Lipinski definition) is 2. The Morgan fingerprint density at radius 2 is 2.00 bits per heavy atom. The van der Waals surface area contributed by atoms with E-state index in [1.165, 1.54) is 4.98 Å². The number of hydrogen-bond acceptors (Lipinski definition) is 5. The van der Waals surface area contributed by atoms with Gasteiger partial charge < -0.3 is 4.98 Å². The van der Waals surface area contributed by atoms with Gasteiger partial charge in [-0.25, -0.2) is 22.3 Å². The molecule has 0 unspecified atom stereocenters. The minimum atomic E-state index is -4.65.